The van der Waals surface area contributed by atoms with E-state index >= 15 is 0 Å². The van der Waals surface area contributed by atoms with Crippen molar-refractivity contribution in [3.8, 4) is 5.88 Å². The Morgan fingerprint density at radius 3 is 2.58 bits per heavy atom. The average Bonchev–Trinajstić information content (AvgIpc) is 1.91. The van der Waals surface area contributed by atoms with Crippen molar-refractivity contribution in [3.63, 3.8) is 0 Å². The maximum Gasteiger partial charge on any atom is 0.212 e. The van der Waals surface area contributed by atoms with Gasteiger partial charge in [0.25, 0.3) is 0 Å². The minimum absolute atomic E-state index is 0.180. The van der Waals surface area contributed by atoms with Gasteiger partial charge in [0.1, 0.15) is 15.7 Å². The van der Waals surface area contributed by atoms with Crippen molar-refractivity contribution < 1.29 is 4.74 Å². The van der Waals surface area contributed by atoms with Gasteiger partial charge in [0.15, 0.2) is 0 Å². The van der Waals surface area contributed by atoms with E-state index in [9.17, 15) is 0 Å². The highest BCUT2D eigenvalue weighted by molar-refractivity contribution is 9.10. The quantitative estimate of drug-likeness (QED) is 0.670. The smallest absolute Gasteiger partial charge is 0.212 e. The molecule has 0 aliphatic carbocycles. The number of pyridine rings is 1. The fraction of sp³-hybridized carbons (Fsp3) is 0.286. The van der Waals surface area contributed by atoms with Crippen LogP contribution in [-0.2, 0) is 0 Å². The number of ether oxygens (including phenoxy) is 1. The third-order valence-corrected chi connectivity index (χ3v) is 1.58. The summed E-state index contributed by atoms with van der Waals surface area (Å²) in [6, 6.07) is 3.75. The van der Waals surface area contributed by atoms with E-state index in [-0.39, 0.29) is 5.40 Å². The molecule has 1 aromatic heterocycles. The van der Waals surface area contributed by atoms with Crippen LogP contribution in [0.2, 0.25) is 0 Å². The van der Waals surface area contributed by atoms with E-state index in [4.69, 9.17) is 4.74 Å². The largest absolute Gasteiger partial charge is 0.490 e. The SMILES string of the molecule is BC(B)(C)Oc1ccc(Br)cn1. The third kappa shape index (κ3) is 3.30. The van der Waals surface area contributed by atoms with Crippen molar-refractivity contribution in [1.82, 2.24) is 4.98 Å². The van der Waals surface area contributed by atoms with E-state index in [2.05, 4.69) is 20.9 Å². The van der Waals surface area contributed by atoms with Gasteiger partial charge in [-0.1, -0.05) is 0 Å². The third-order valence-electron chi connectivity index (χ3n) is 1.11. The van der Waals surface area contributed by atoms with Gasteiger partial charge in [0.2, 0.25) is 5.88 Å². The highest BCUT2D eigenvalue weighted by Gasteiger charge is 2.12. The molecule has 0 aliphatic rings. The summed E-state index contributed by atoms with van der Waals surface area (Å²) in [7, 11) is 3.99. The molecule has 0 amide bonds. The zero-order valence-corrected chi connectivity index (χ0v) is 9.05. The van der Waals surface area contributed by atoms with Crippen molar-refractivity contribution in [2.45, 2.75) is 12.3 Å². The van der Waals surface area contributed by atoms with Crippen molar-refractivity contribution >= 4 is 31.6 Å². The Morgan fingerprint density at radius 1 is 1.50 bits per heavy atom. The van der Waals surface area contributed by atoms with Gasteiger partial charge in [0, 0.05) is 22.1 Å². The van der Waals surface area contributed by atoms with Crippen LogP contribution in [0.5, 0.6) is 5.88 Å². The van der Waals surface area contributed by atoms with Crippen LogP contribution in [-0.4, -0.2) is 26.1 Å². The molecule has 0 aromatic carbocycles. The van der Waals surface area contributed by atoms with Crippen molar-refractivity contribution in [2.24, 2.45) is 0 Å². The van der Waals surface area contributed by atoms with Crippen LogP contribution in [0.4, 0.5) is 0 Å². The molecule has 62 valence electrons. The molecular weight excluding hydrogens is 216 g/mol. The summed E-state index contributed by atoms with van der Waals surface area (Å²) in [5, 5.41) is -0.180. The van der Waals surface area contributed by atoms with Gasteiger partial charge in [-0.2, -0.15) is 0 Å². The molecule has 1 heterocycles. The molecule has 0 unspecified atom stereocenters. The number of halogens is 1. The molecule has 0 atom stereocenters. The van der Waals surface area contributed by atoms with Gasteiger partial charge in [-0.25, -0.2) is 4.98 Å². The molecule has 12 heavy (non-hydrogen) atoms. The molecule has 1 aromatic rings. The molecular formula is C7H10B2BrNO. The molecule has 0 spiro atoms. The van der Waals surface area contributed by atoms with E-state index in [0.29, 0.717) is 5.88 Å². The maximum atomic E-state index is 5.52. The van der Waals surface area contributed by atoms with E-state index in [1.165, 1.54) is 0 Å². The second-order valence-corrected chi connectivity index (χ2v) is 4.44. The van der Waals surface area contributed by atoms with Crippen LogP contribution in [0.25, 0.3) is 0 Å². The summed E-state index contributed by atoms with van der Waals surface area (Å²) in [5.74, 6) is 0.658. The highest BCUT2D eigenvalue weighted by atomic mass is 79.9. The Bertz CT molecular complexity index is 257. The highest BCUT2D eigenvalue weighted by Crippen LogP contribution is 2.14. The summed E-state index contributed by atoms with van der Waals surface area (Å²) >= 11 is 3.31. The molecule has 2 nitrogen and oxygen atoms in total. The number of hydrogen-bond acceptors (Lipinski definition) is 2. The maximum absolute atomic E-state index is 5.52. The summed E-state index contributed by atoms with van der Waals surface area (Å²) in [4.78, 5) is 4.09. The molecule has 0 aliphatic heterocycles. The Kier molecular flexibility index (Phi) is 2.83. The summed E-state index contributed by atoms with van der Waals surface area (Å²) in [5.41, 5.74) is 0. The Morgan fingerprint density at radius 2 is 2.17 bits per heavy atom. The average molecular weight is 226 g/mol. The van der Waals surface area contributed by atoms with Gasteiger partial charge in [-0.15, -0.1) is 0 Å². The Labute approximate surface area is 82.7 Å². The van der Waals surface area contributed by atoms with E-state index < -0.39 is 0 Å². The van der Waals surface area contributed by atoms with Gasteiger partial charge in [0.05, 0.1) is 0 Å². The minimum Gasteiger partial charge on any atom is -0.490 e. The van der Waals surface area contributed by atoms with Gasteiger partial charge in [-0.3, -0.25) is 0 Å². The molecule has 0 saturated heterocycles. The lowest BCUT2D eigenvalue weighted by molar-refractivity contribution is 0.250. The number of aromatic nitrogens is 1. The number of nitrogens with zero attached hydrogens (tertiary/aromatic N) is 1. The molecule has 5 heteroatoms. The summed E-state index contributed by atoms with van der Waals surface area (Å²) in [6.45, 7) is 2.00. The van der Waals surface area contributed by atoms with Crippen molar-refractivity contribution in [3.05, 3.63) is 22.8 Å². The first kappa shape index (κ1) is 9.65. The zero-order chi connectivity index (χ0) is 9.19. The normalized spacial score (nSPS) is 11.2. The van der Waals surface area contributed by atoms with Crippen LogP contribution < -0.4 is 4.74 Å². The van der Waals surface area contributed by atoms with Crippen LogP contribution in [0.15, 0.2) is 22.8 Å². The predicted molar refractivity (Wildman–Crippen MR) is 58.1 cm³/mol. The number of rotatable bonds is 2. The van der Waals surface area contributed by atoms with Crippen LogP contribution >= 0.6 is 15.9 Å². The Hall–Kier alpha value is -0.440. The van der Waals surface area contributed by atoms with Crippen LogP contribution in [0.1, 0.15) is 6.92 Å². The predicted octanol–water partition coefficient (Wildman–Crippen LogP) is 0.163. The lowest BCUT2D eigenvalue weighted by Gasteiger charge is -2.20. The zero-order valence-electron chi connectivity index (χ0n) is 7.47. The fourth-order valence-corrected chi connectivity index (χ4v) is 0.971. The number of hydrogen-bond donors (Lipinski definition) is 0. The lowest BCUT2D eigenvalue weighted by Crippen LogP contribution is -2.33. The van der Waals surface area contributed by atoms with Crippen molar-refractivity contribution in [2.75, 3.05) is 0 Å². The minimum atomic E-state index is -0.180. The van der Waals surface area contributed by atoms with E-state index in [1.54, 1.807) is 6.20 Å². The molecule has 0 N–H and O–H groups in total. The van der Waals surface area contributed by atoms with Crippen LogP contribution in [0.3, 0.4) is 0 Å². The first-order valence-corrected chi connectivity index (χ1v) is 4.57. The second kappa shape index (κ2) is 3.52. The van der Waals surface area contributed by atoms with Gasteiger partial charge in [-0.05, 0) is 28.9 Å². The van der Waals surface area contributed by atoms with E-state index in [1.807, 2.05) is 34.7 Å². The van der Waals surface area contributed by atoms with Crippen molar-refractivity contribution in [1.29, 1.82) is 0 Å². The standard InChI is InChI=1S/C7H10B2BrNO/c1-7(8,9)12-6-3-2-5(10)4-11-6/h2-4H,8-9H2,1H3. The van der Waals surface area contributed by atoms with Gasteiger partial charge < -0.3 is 4.74 Å². The molecule has 1 rings (SSSR count). The molecule has 0 bridgehead atoms. The monoisotopic (exact) mass is 225 g/mol. The summed E-state index contributed by atoms with van der Waals surface area (Å²) < 4.78 is 6.49. The van der Waals surface area contributed by atoms with E-state index in [0.717, 1.165) is 4.47 Å². The summed E-state index contributed by atoms with van der Waals surface area (Å²) in [6.07, 6.45) is 1.72. The second-order valence-electron chi connectivity index (χ2n) is 3.53. The first-order chi connectivity index (χ1) is 5.47. The fourth-order valence-electron chi connectivity index (χ4n) is 0.736. The first-order valence-electron chi connectivity index (χ1n) is 3.78. The van der Waals surface area contributed by atoms with Gasteiger partial charge >= 0.3 is 0 Å². The molecule has 0 radical (unpaired) electrons. The molecule has 0 fully saturated rings. The Balaban J connectivity index is 2.71. The lowest BCUT2D eigenvalue weighted by atomic mass is 9.67. The van der Waals surface area contributed by atoms with Crippen LogP contribution in [0, 0.1) is 0 Å². The molecule has 0 saturated carbocycles. The topological polar surface area (TPSA) is 22.1 Å².